The largest absolute Gasteiger partial charge is 0.494 e. The zero-order valence-electron chi connectivity index (χ0n) is 19.6. The Hall–Kier alpha value is -1.97. The van der Waals surface area contributed by atoms with Crippen molar-refractivity contribution < 1.29 is 9.13 Å². The van der Waals surface area contributed by atoms with Gasteiger partial charge in [0.25, 0.3) is 0 Å². The van der Waals surface area contributed by atoms with E-state index in [2.05, 4.69) is 16.9 Å². The number of halogens is 1. The van der Waals surface area contributed by atoms with Crippen LogP contribution in [-0.4, -0.2) is 22.7 Å². The molecule has 1 atom stereocenters. The van der Waals surface area contributed by atoms with Crippen LogP contribution < -0.4 is 4.74 Å². The fourth-order valence-corrected chi connectivity index (χ4v) is 3.69. The van der Waals surface area contributed by atoms with Gasteiger partial charge in [0.15, 0.2) is 5.82 Å². The number of unbranched alkanes of at least 4 members (excludes halogenated alkanes) is 9. The maximum Gasteiger partial charge on any atom is 0.159 e. The van der Waals surface area contributed by atoms with E-state index < -0.39 is 6.17 Å². The zero-order chi connectivity index (χ0) is 22.2. The van der Waals surface area contributed by atoms with Crippen molar-refractivity contribution in [1.82, 2.24) is 9.97 Å². The van der Waals surface area contributed by atoms with Crippen molar-refractivity contribution in [3.63, 3.8) is 0 Å². The van der Waals surface area contributed by atoms with Gasteiger partial charge in [-0.2, -0.15) is 0 Å². The average Bonchev–Trinajstić information content (AvgIpc) is 2.78. The van der Waals surface area contributed by atoms with Gasteiger partial charge in [-0.1, -0.05) is 64.7 Å². The lowest BCUT2D eigenvalue weighted by molar-refractivity contribution is 0.304. The van der Waals surface area contributed by atoms with Crippen LogP contribution in [0.2, 0.25) is 0 Å². The van der Waals surface area contributed by atoms with Crippen LogP contribution >= 0.6 is 0 Å². The minimum atomic E-state index is -0.690. The van der Waals surface area contributed by atoms with Crippen LogP contribution in [-0.2, 0) is 6.42 Å². The van der Waals surface area contributed by atoms with E-state index in [0.29, 0.717) is 6.42 Å². The van der Waals surface area contributed by atoms with Gasteiger partial charge in [-0.25, -0.2) is 14.4 Å². The molecule has 172 valence electrons. The lowest BCUT2D eigenvalue weighted by Gasteiger charge is -2.07. The summed E-state index contributed by atoms with van der Waals surface area (Å²) in [4.78, 5) is 9.03. The molecule has 0 aliphatic rings. The Balaban J connectivity index is 1.63. The fourth-order valence-electron chi connectivity index (χ4n) is 3.69. The van der Waals surface area contributed by atoms with Crippen molar-refractivity contribution in [2.75, 3.05) is 6.61 Å². The van der Waals surface area contributed by atoms with Crippen LogP contribution in [0.4, 0.5) is 4.39 Å². The first-order valence-corrected chi connectivity index (χ1v) is 12.4. The first kappa shape index (κ1) is 25.3. The first-order chi connectivity index (χ1) is 15.2. The summed E-state index contributed by atoms with van der Waals surface area (Å²) in [6.07, 6.45) is 18.3. The second-order valence-corrected chi connectivity index (χ2v) is 8.64. The molecule has 0 saturated carbocycles. The van der Waals surface area contributed by atoms with Crippen LogP contribution in [0.25, 0.3) is 11.4 Å². The Labute approximate surface area is 188 Å². The molecule has 1 heterocycles. The Morgan fingerprint density at radius 2 is 1.42 bits per heavy atom. The van der Waals surface area contributed by atoms with E-state index in [1.54, 1.807) is 6.92 Å². The highest BCUT2D eigenvalue weighted by Gasteiger charge is 2.04. The Bertz CT molecular complexity index is 685. The van der Waals surface area contributed by atoms with Crippen molar-refractivity contribution in [2.45, 2.75) is 103 Å². The molecule has 2 rings (SSSR count). The minimum Gasteiger partial charge on any atom is -0.494 e. The SMILES string of the molecule is CCCCCCCCCCOc1ccc(-c2ncc(CCCCCC(C)F)cn2)cc1. The van der Waals surface area contributed by atoms with Crippen molar-refractivity contribution in [2.24, 2.45) is 0 Å². The Morgan fingerprint density at radius 3 is 2.06 bits per heavy atom. The van der Waals surface area contributed by atoms with E-state index in [1.165, 1.54) is 44.9 Å². The molecule has 0 amide bonds. The normalized spacial score (nSPS) is 12.1. The summed E-state index contributed by atoms with van der Waals surface area (Å²) >= 11 is 0. The number of nitrogens with zero attached hydrogens (tertiary/aromatic N) is 2. The summed E-state index contributed by atoms with van der Waals surface area (Å²) in [5.74, 6) is 1.65. The highest BCUT2D eigenvalue weighted by molar-refractivity contribution is 5.55. The highest BCUT2D eigenvalue weighted by Crippen LogP contribution is 2.20. The number of aromatic nitrogens is 2. The third kappa shape index (κ3) is 11.3. The van der Waals surface area contributed by atoms with Crippen molar-refractivity contribution in [1.29, 1.82) is 0 Å². The van der Waals surface area contributed by atoms with E-state index in [0.717, 1.165) is 61.4 Å². The molecule has 2 aromatic rings. The molecule has 0 radical (unpaired) electrons. The van der Waals surface area contributed by atoms with Gasteiger partial charge in [0, 0.05) is 18.0 Å². The summed E-state index contributed by atoms with van der Waals surface area (Å²) in [6, 6.07) is 8.05. The van der Waals surface area contributed by atoms with Crippen LogP contribution in [0.5, 0.6) is 5.75 Å². The van der Waals surface area contributed by atoms with Crippen LogP contribution in [0.3, 0.4) is 0 Å². The summed E-state index contributed by atoms with van der Waals surface area (Å²) in [7, 11) is 0. The summed E-state index contributed by atoms with van der Waals surface area (Å²) in [6.45, 7) is 4.67. The van der Waals surface area contributed by atoms with Crippen molar-refractivity contribution >= 4 is 0 Å². The number of benzene rings is 1. The van der Waals surface area contributed by atoms with Gasteiger partial charge in [0.1, 0.15) is 5.75 Å². The van der Waals surface area contributed by atoms with Crippen LogP contribution in [0.1, 0.15) is 96.5 Å². The molecule has 0 spiro atoms. The molecule has 0 aliphatic heterocycles. The smallest absolute Gasteiger partial charge is 0.159 e. The van der Waals surface area contributed by atoms with Gasteiger partial charge in [0.05, 0.1) is 12.8 Å². The van der Waals surface area contributed by atoms with E-state index in [-0.39, 0.29) is 0 Å². The predicted octanol–water partition coefficient (Wildman–Crippen LogP) is 8.12. The average molecular weight is 429 g/mol. The molecule has 3 nitrogen and oxygen atoms in total. The van der Waals surface area contributed by atoms with E-state index in [4.69, 9.17) is 4.74 Å². The number of ether oxygens (including phenoxy) is 1. The molecular formula is C27H41FN2O. The summed E-state index contributed by atoms with van der Waals surface area (Å²) in [5.41, 5.74) is 2.14. The second-order valence-electron chi connectivity index (χ2n) is 8.64. The number of aryl methyl sites for hydroxylation is 1. The number of alkyl halides is 1. The topological polar surface area (TPSA) is 35.0 Å². The lowest BCUT2D eigenvalue weighted by atomic mass is 10.1. The van der Waals surface area contributed by atoms with Gasteiger partial charge in [0.2, 0.25) is 0 Å². The van der Waals surface area contributed by atoms with E-state index in [9.17, 15) is 4.39 Å². The third-order valence-corrected chi connectivity index (χ3v) is 5.65. The van der Waals surface area contributed by atoms with Crippen molar-refractivity contribution in [3.05, 3.63) is 42.2 Å². The van der Waals surface area contributed by atoms with Gasteiger partial charge < -0.3 is 4.74 Å². The molecule has 0 fully saturated rings. The van der Waals surface area contributed by atoms with Crippen LogP contribution in [0.15, 0.2) is 36.7 Å². The van der Waals surface area contributed by atoms with Gasteiger partial charge in [-0.15, -0.1) is 0 Å². The van der Waals surface area contributed by atoms with Gasteiger partial charge in [-0.05, 0) is 62.4 Å². The van der Waals surface area contributed by atoms with E-state index in [1.807, 2.05) is 36.7 Å². The number of hydrogen-bond acceptors (Lipinski definition) is 3. The Morgan fingerprint density at radius 1 is 0.806 bits per heavy atom. The Kier molecular flexibility index (Phi) is 12.9. The maximum absolute atomic E-state index is 12.8. The molecule has 1 aromatic heterocycles. The standard InChI is InChI=1S/C27H41FN2O/c1-3-4-5-6-7-8-9-13-20-31-26-18-16-25(17-19-26)27-29-21-24(22-30-27)15-12-10-11-14-23(2)28/h16-19,21-23H,3-15,20H2,1-2H3. The number of rotatable bonds is 17. The molecule has 0 aliphatic carbocycles. The zero-order valence-corrected chi connectivity index (χ0v) is 19.6. The molecule has 4 heteroatoms. The lowest BCUT2D eigenvalue weighted by Crippen LogP contribution is -1.98. The molecule has 1 aromatic carbocycles. The highest BCUT2D eigenvalue weighted by atomic mass is 19.1. The molecule has 31 heavy (non-hydrogen) atoms. The quantitative estimate of drug-likeness (QED) is 0.239. The molecular weight excluding hydrogens is 387 g/mol. The van der Waals surface area contributed by atoms with Crippen LogP contribution in [0, 0.1) is 0 Å². The molecule has 1 unspecified atom stereocenters. The van der Waals surface area contributed by atoms with E-state index >= 15 is 0 Å². The minimum absolute atomic E-state index is 0.661. The molecule has 0 N–H and O–H groups in total. The summed E-state index contributed by atoms with van der Waals surface area (Å²) < 4.78 is 18.7. The summed E-state index contributed by atoms with van der Waals surface area (Å²) in [5, 5.41) is 0. The van der Waals surface area contributed by atoms with Crippen molar-refractivity contribution in [3.8, 4) is 17.1 Å². The number of hydrogen-bond donors (Lipinski definition) is 0. The molecule has 0 saturated heterocycles. The predicted molar refractivity (Wildman–Crippen MR) is 128 cm³/mol. The van der Waals surface area contributed by atoms with Gasteiger partial charge in [-0.3, -0.25) is 0 Å². The van der Waals surface area contributed by atoms with Gasteiger partial charge >= 0.3 is 0 Å². The maximum atomic E-state index is 12.8. The first-order valence-electron chi connectivity index (χ1n) is 12.4. The third-order valence-electron chi connectivity index (χ3n) is 5.65. The second kappa shape index (κ2) is 15.8. The fraction of sp³-hybridized carbons (Fsp3) is 0.630. The monoisotopic (exact) mass is 428 g/mol. The molecule has 0 bridgehead atoms.